The van der Waals surface area contributed by atoms with Crippen molar-refractivity contribution in [2.75, 3.05) is 36.5 Å². The van der Waals surface area contributed by atoms with Gasteiger partial charge in [-0.15, -0.1) is 0 Å². The van der Waals surface area contributed by atoms with Crippen molar-refractivity contribution >= 4 is 21.4 Å². The average Bonchev–Trinajstić information content (AvgIpc) is 2.31. The summed E-state index contributed by atoms with van der Waals surface area (Å²) in [5, 5.41) is 0. The Hall–Kier alpha value is -1.27. The Morgan fingerprint density at radius 3 is 2.37 bits per heavy atom. The van der Waals surface area contributed by atoms with Crippen LogP contribution in [0.3, 0.4) is 0 Å². The van der Waals surface area contributed by atoms with E-state index in [-0.39, 0.29) is 0 Å². The highest BCUT2D eigenvalue weighted by Crippen LogP contribution is 2.24. The number of hydrogen-bond acceptors (Lipinski definition) is 4. The van der Waals surface area contributed by atoms with Crippen molar-refractivity contribution in [2.24, 2.45) is 0 Å². The van der Waals surface area contributed by atoms with E-state index in [0.717, 1.165) is 36.3 Å². The molecule has 0 saturated carbocycles. The summed E-state index contributed by atoms with van der Waals surface area (Å²) in [5.74, 6) is 0. The predicted molar refractivity (Wildman–Crippen MR) is 81.0 cm³/mol. The second kappa shape index (κ2) is 6.77. The van der Waals surface area contributed by atoms with E-state index >= 15 is 0 Å². The third-order valence-corrected chi connectivity index (χ3v) is 3.70. The van der Waals surface area contributed by atoms with Gasteiger partial charge in [0, 0.05) is 19.6 Å². The van der Waals surface area contributed by atoms with Gasteiger partial charge in [-0.2, -0.15) is 0 Å². The van der Waals surface area contributed by atoms with Gasteiger partial charge in [0.25, 0.3) is 0 Å². The normalized spacial score (nSPS) is 11.5. The molecule has 0 saturated heterocycles. The first-order chi connectivity index (χ1) is 8.87. The number of rotatable bonds is 7. The van der Waals surface area contributed by atoms with E-state index < -0.39 is 10.0 Å². The first kappa shape index (κ1) is 15.8. The number of nitrogens with zero attached hydrogens (tertiary/aromatic N) is 1. The fourth-order valence-corrected chi connectivity index (χ4v) is 2.47. The highest BCUT2D eigenvalue weighted by molar-refractivity contribution is 7.88. The Bertz CT molecular complexity index is 511. The molecule has 0 fully saturated rings. The van der Waals surface area contributed by atoms with E-state index in [4.69, 9.17) is 5.73 Å². The van der Waals surface area contributed by atoms with Gasteiger partial charge in [0.05, 0.1) is 17.6 Å². The molecule has 1 rings (SSSR count). The first-order valence-corrected chi connectivity index (χ1v) is 8.34. The van der Waals surface area contributed by atoms with Crippen LogP contribution >= 0.6 is 0 Å². The molecule has 5 nitrogen and oxygen atoms in total. The Kier molecular flexibility index (Phi) is 5.62. The van der Waals surface area contributed by atoms with Gasteiger partial charge in [-0.25, -0.2) is 13.1 Å². The van der Waals surface area contributed by atoms with Crippen LogP contribution in [0.4, 0.5) is 11.4 Å². The van der Waals surface area contributed by atoms with Gasteiger partial charge < -0.3 is 10.6 Å². The molecular weight excluding hydrogens is 262 g/mol. The molecule has 19 heavy (non-hydrogen) atoms. The van der Waals surface area contributed by atoms with Crippen LogP contribution < -0.4 is 15.4 Å². The van der Waals surface area contributed by atoms with Crippen LogP contribution in [0, 0.1) is 0 Å². The number of hydrogen-bond donors (Lipinski definition) is 2. The topological polar surface area (TPSA) is 75.4 Å². The molecule has 108 valence electrons. The van der Waals surface area contributed by atoms with Crippen LogP contribution in [0.1, 0.15) is 19.4 Å². The van der Waals surface area contributed by atoms with E-state index in [9.17, 15) is 8.42 Å². The zero-order chi connectivity index (χ0) is 14.5. The second-order valence-electron chi connectivity index (χ2n) is 4.48. The lowest BCUT2D eigenvalue weighted by Gasteiger charge is -2.23. The minimum Gasteiger partial charge on any atom is -0.397 e. The van der Waals surface area contributed by atoms with E-state index in [2.05, 4.69) is 23.5 Å². The van der Waals surface area contributed by atoms with E-state index in [1.807, 2.05) is 18.2 Å². The maximum absolute atomic E-state index is 11.0. The summed E-state index contributed by atoms with van der Waals surface area (Å²) < 4.78 is 24.4. The van der Waals surface area contributed by atoms with Crippen molar-refractivity contribution in [1.29, 1.82) is 0 Å². The summed E-state index contributed by atoms with van der Waals surface area (Å²) in [4.78, 5) is 2.19. The van der Waals surface area contributed by atoms with Gasteiger partial charge in [0.1, 0.15) is 0 Å². The number of benzene rings is 1. The minimum atomic E-state index is -3.12. The van der Waals surface area contributed by atoms with Gasteiger partial charge in [-0.1, -0.05) is 6.07 Å². The number of nitrogens with one attached hydrogen (secondary N) is 1. The molecule has 0 aromatic heterocycles. The Balaban J connectivity index is 2.71. The molecule has 0 amide bonds. The molecule has 0 heterocycles. The minimum absolute atomic E-state index is 0.392. The van der Waals surface area contributed by atoms with Crippen LogP contribution in [-0.4, -0.2) is 34.3 Å². The quantitative estimate of drug-likeness (QED) is 0.738. The van der Waals surface area contributed by atoms with Crippen molar-refractivity contribution in [3.05, 3.63) is 23.8 Å². The first-order valence-electron chi connectivity index (χ1n) is 6.45. The summed E-state index contributed by atoms with van der Waals surface area (Å²) in [6, 6.07) is 5.91. The maximum atomic E-state index is 11.0. The number of anilines is 2. The molecule has 6 heteroatoms. The van der Waals surface area contributed by atoms with Crippen molar-refractivity contribution in [1.82, 2.24) is 4.72 Å². The lowest BCUT2D eigenvalue weighted by Crippen LogP contribution is -2.24. The summed E-state index contributed by atoms with van der Waals surface area (Å²) in [6.45, 7) is 6.40. The molecular formula is C13H23N3O2S. The Labute approximate surface area is 115 Å². The van der Waals surface area contributed by atoms with E-state index in [1.54, 1.807) is 0 Å². The highest BCUT2D eigenvalue weighted by Gasteiger charge is 2.07. The summed E-state index contributed by atoms with van der Waals surface area (Å²) in [7, 11) is -3.12. The van der Waals surface area contributed by atoms with Gasteiger partial charge >= 0.3 is 0 Å². The Morgan fingerprint density at radius 1 is 1.26 bits per heavy atom. The molecule has 0 aliphatic heterocycles. The van der Waals surface area contributed by atoms with Crippen LogP contribution in [0.5, 0.6) is 0 Å². The lowest BCUT2D eigenvalue weighted by molar-refractivity contribution is 0.588. The number of nitrogen functional groups attached to an aromatic ring is 1. The summed E-state index contributed by atoms with van der Waals surface area (Å²) in [5.41, 5.74) is 8.85. The van der Waals surface area contributed by atoms with Crippen LogP contribution in [-0.2, 0) is 16.4 Å². The smallest absolute Gasteiger partial charge is 0.208 e. The van der Waals surface area contributed by atoms with E-state index in [0.29, 0.717) is 13.0 Å². The van der Waals surface area contributed by atoms with Crippen molar-refractivity contribution < 1.29 is 8.42 Å². The molecule has 1 aromatic carbocycles. The van der Waals surface area contributed by atoms with Crippen molar-refractivity contribution in [2.45, 2.75) is 20.3 Å². The maximum Gasteiger partial charge on any atom is 0.208 e. The molecule has 0 atom stereocenters. The SMILES string of the molecule is CCN(CC)c1ccc(CCNS(C)(=O)=O)cc1N. The van der Waals surface area contributed by atoms with Crippen molar-refractivity contribution in [3.8, 4) is 0 Å². The second-order valence-corrected chi connectivity index (χ2v) is 6.31. The monoisotopic (exact) mass is 285 g/mol. The molecule has 0 bridgehead atoms. The third-order valence-electron chi connectivity index (χ3n) is 2.97. The number of nitrogens with two attached hydrogens (primary N) is 1. The zero-order valence-electron chi connectivity index (χ0n) is 11.8. The van der Waals surface area contributed by atoms with Gasteiger partial charge in [0.2, 0.25) is 10.0 Å². The average molecular weight is 285 g/mol. The number of sulfonamides is 1. The molecule has 0 radical (unpaired) electrons. The summed E-state index contributed by atoms with van der Waals surface area (Å²) in [6.07, 6.45) is 1.79. The van der Waals surface area contributed by atoms with Gasteiger partial charge in [-0.05, 0) is 38.0 Å². The lowest BCUT2D eigenvalue weighted by atomic mass is 10.1. The summed E-state index contributed by atoms with van der Waals surface area (Å²) >= 11 is 0. The fourth-order valence-electron chi connectivity index (χ4n) is 1.99. The molecule has 3 N–H and O–H groups in total. The van der Waals surface area contributed by atoms with E-state index in [1.165, 1.54) is 0 Å². The third kappa shape index (κ3) is 5.08. The standard InChI is InChI=1S/C13H23N3O2S/c1-4-16(5-2)13-7-6-11(10-12(13)14)8-9-15-19(3,17)18/h6-7,10,15H,4-5,8-9,14H2,1-3H3. The predicted octanol–water partition coefficient (Wildman–Crippen LogP) is 1.21. The van der Waals surface area contributed by atoms with Crippen LogP contribution in [0.15, 0.2) is 18.2 Å². The van der Waals surface area contributed by atoms with Crippen molar-refractivity contribution in [3.63, 3.8) is 0 Å². The Morgan fingerprint density at radius 2 is 1.89 bits per heavy atom. The molecule has 1 aromatic rings. The fraction of sp³-hybridized carbons (Fsp3) is 0.538. The zero-order valence-corrected chi connectivity index (χ0v) is 12.6. The van der Waals surface area contributed by atoms with Gasteiger partial charge in [0.15, 0.2) is 0 Å². The molecule has 0 aliphatic rings. The molecule has 0 unspecified atom stereocenters. The van der Waals surface area contributed by atoms with Gasteiger partial charge in [-0.3, -0.25) is 0 Å². The van der Waals surface area contributed by atoms with Crippen LogP contribution in [0.25, 0.3) is 0 Å². The highest BCUT2D eigenvalue weighted by atomic mass is 32.2. The molecule has 0 spiro atoms. The molecule has 0 aliphatic carbocycles. The largest absolute Gasteiger partial charge is 0.397 e. The van der Waals surface area contributed by atoms with Crippen LogP contribution in [0.2, 0.25) is 0 Å².